The predicted octanol–water partition coefficient (Wildman–Crippen LogP) is 4.37. The minimum Gasteiger partial charge on any atom is -0.493 e. The molecule has 190 valence electrons. The van der Waals surface area contributed by atoms with Crippen molar-refractivity contribution in [3.05, 3.63) is 64.7 Å². The monoisotopic (exact) mass is 514 g/mol. The van der Waals surface area contributed by atoms with Gasteiger partial charge in [0.05, 0.1) is 32.4 Å². The quantitative estimate of drug-likeness (QED) is 0.270. The number of methoxy groups -OCH3 is 2. The molecule has 1 aliphatic heterocycles. The van der Waals surface area contributed by atoms with Crippen molar-refractivity contribution in [2.45, 2.75) is 19.9 Å². The molecule has 1 heterocycles. The molecule has 0 spiro atoms. The van der Waals surface area contributed by atoms with Crippen LogP contribution in [-0.4, -0.2) is 50.2 Å². The number of carbonyl (C=O) groups is 3. The molecule has 10 heteroatoms. The molecule has 1 saturated heterocycles. The maximum atomic E-state index is 13.2. The summed E-state index contributed by atoms with van der Waals surface area (Å²) >= 11 is 6.33. The maximum Gasteiger partial charge on any atom is 0.331 e. The lowest BCUT2D eigenvalue weighted by atomic mass is 10.1. The van der Waals surface area contributed by atoms with E-state index in [4.69, 9.17) is 30.5 Å². The average molecular weight is 515 g/mol. The Morgan fingerprint density at radius 2 is 1.78 bits per heavy atom. The predicted molar refractivity (Wildman–Crippen MR) is 135 cm³/mol. The Morgan fingerprint density at radius 1 is 1.03 bits per heavy atom. The van der Waals surface area contributed by atoms with E-state index >= 15 is 0 Å². The normalized spacial score (nSPS) is 14.5. The smallest absolute Gasteiger partial charge is 0.331 e. The molecule has 1 aliphatic rings. The summed E-state index contributed by atoms with van der Waals surface area (Å²) < 4.78 is 21.9. The molecule has 3 rings (SSSR count). The van der Waals surface area contributed by atoms with Crippen LogP contribution in [0, 0.1) is 0 Å². The SMILES string of the molecule is C=CCOc1c(Cl)cc(/C=C2\C(=O)NC(=O)N(Cc3ccc(OCCC)c(OC)c3)C2=O)cc1OC. The van der Waals surface area contributed by atoms with Gasteiger partial charge in [-0.3, -0.25) is 19.8 Å². The molecule has 0 unspecified atom stereocenters. The molecular weight excluding hydrogens is 488 g/mol. The zero-order chi connectivity index (χ0) is 26.2. The van der Waals surface area contributed by atoms with Gasteiger partial charge in [0.25, 0.3) is 11.8 Å². The lowest BCUT2D eigenvalue weighted by molar-refractivity contribution is -0.130. The van der Waals surface area contributed by atoms with Gasteiger partial charge in [-0.2, -0.15) is 0 Å². The van der Waals surface area contributed by atoms with Gasteiger partial charge in [-0.25, -0.2) is 4.79 Å². The van der Waals surface area contributed by atoms with E-state index in [1.807, 2.05) is 6.92 Å². The molecule has 4 amide bonds. The molecule has 0 atom stereocenters. The summed E-state index contributed by atoms with van der Waals surface area (Å²) in [7, 11) is 2.94. The summed E-state index contributed by atoms with van der Waals surface area (Å²) in [6.45, 7) is 6.24. The molecule has 0 aromatic heterocycles. The minimum absolute atomic E-state index is 0.0852. The Balaban J connectivity index is 1.89. The summed E-state index contributed by atoms with van der Waals surface area (Å²) in [6.07, 6.45) is 3.73. The Hall–Kier alpha value is -3.98. The molecule has 1 N–H and O–H groups in total. The van der Waals surface area contributed by atoms with Gasteiger partial charge >= 0.3 is 6.03 Å². The molecule has 0 bridgehead atoms. The lowest BCUT2D eigenvalue weighted by Crippen LogP contribution is -2.53. The first kappa shape index (κ1) is 26.6. The van der Waals surface area contributed by atoms with E-state index < -0.39 is 17.8 Å². The van der Waals surface area contributed by atoms with Gasteiger partial charge in [0.2, 0.25) is 0 Å². The Kier molecular flexibility index (Phi) is 8.97. The van der Waals surface area contributed by atoms with Gasteiger partial charge in [-0.1, -0.05) is 37.2 Å². The number of benzene rings is 2. The standard InChI is InChI=1S/C26H27ClN2O7/c1-5-9-35-20-8-7-16(13-21(20)33-3)15-29-25(31)18(24(30)28-26(29)32)11-17-12-19(27)23(36-10-6-2)22(14-17)34-4/h6-8,11-14H,2,5,9-10,15H2,1,3-4H3,(H,28,30,32)/b18-11+. The van der Waals surface area contributed by atoms with E-state index in [9.17, 15) is 14.4 Å². The van der Waals surface area contributed by atoms with Crippen LogP contribution in [0.15, 0.2) is 48.6 Å². The van der Waals surface area contributed by atoms with Crippen molar-refractivity contribution in [2.24, 2.45) is 0 Å². The van der Waals surface area contributed by atoms with Gasteiger partial charge in [0.1, 0.15) is 12.2 Å². The molecule has 36 heavy (non-hydrogen) atoms. The largest absolute Gasteiger partial charge is 0.493 e. The highest BCUT2D eigenvalue weighted by atomic mass is 35.5. The molecule has 2 aromatic rings. The summed E-state index contributed by atoms with van der Waals surface area (Å²) in [5.74, 6) is 0.0705. The zero-order valence-corrected chi connectivity index (χ0v) is 21.0. The molecule has 0 radical (unpaired) electrons. The Morgan fingerprint density at radius 3 is 2.44 bits per heavy atom. The van der Waals surface area contributed by atoms with Crippen LogP contribution in [0.25, 0.3) is 6.08 Å². The van der Waals surface area contributed by atoms with Gasteiger partial charge in [-0.05, 0) is 47.9 Å². The van der Waals surface area contributed by atoms with E-state index in [1.54, 1.807) is 30.3 Å². The lowest BCUT2D eigenvalue weighted by Gasteiger charge is -2.26. The van der Waals surface area contributed by atoms with Crippen LogP contribution < -0.4 is 24.3 Å². The number of barbiturate groups is 1. The molecule has 0 aliphatic carbocycles. The van der Waals surface area contributed by atoms with Crippen molar-refractivity contribution in [3.8, 4) is 23.0 Å². The maximum absolute atomic E-state index is 13.2. The van der Waals surface area contributed by atoms with Gasteiger partial charge in [-0.15, -0.1) is 0 Å². The van der Waals surface area contributed by atoms with Gasteiger partial charge < -0.3 is 18.9 Å². The van der Waals surface area contributed by atoms with E-state index in [2.05, 4.69) is 11.9 Å². The first-order valence-electron chi connectivity index (χ1n) is 11.1. The van der Waals surface area contributed by atoms with Crippen LogP contribution in [0.1, 0.15) is 24.5 Å². The average Bonchev–Trinajstić information content (AvgIpc) is 2.87. The second-order valence-electron chi connectivity index (χ2n) is 7.68. The van der Waals surface area contributed by atoms with Crippen molar-refractivity contribution in [1.29, 1.82) is 0 Å². The number of imide groups is 2. The first-order chi connectivity index (χ1) is 17.3. The Bertz CT molecular complexity index is 1210. The summed E-state index contributed by atoms with van der Waals surface area (Å²) in [6, 6.07) is 7.38. The fourth-order valence-corrected chi connectivity index (χ4v) is 3.71. The van der Waals surface area contributed by atoms with Crippen LogP contribution >= 0.6 is 11.6 Å². The molecule has 2 aromatic carbocycles. The third-order valence-electron chi connectivity index (χ3n) is 5.12. The van der Waals surface area contributed by atoms with Crippen LogP contribution in [0.4, 0.5) is 4.79 Å². The van der Waals surface area contributed by atoms with Crippen LogP contribution in [0.5, 0.6) is 23.0 Å². The van der Waals surface area contributed by atoms with Crippen LogP contribution in [-0.2, 0) is 16.1 Å². The summed E-state index contributed by atoms with van der Waals surface area (Å²) in [5.41, 5.74) is 0.790. The first-order valence-corrected chi connectivity index (χ1v) is 11.5. The van der Waals surface area contributed by atoms with Crippen LogP contribution in [0.2, 0.25) is 5.02 Å². The second kappa shape index (κ2) is 12.1. The summed E-state index contributed by atoms with van der Waals surface area (Å²) in [4.78, 5) is 39.2. The van der Waals surface area contributed by atoms with E-state index in [-0.39, 0.29) is 23.7 Å². The van der Waals surface area contributed by atoms with Crippen LogP contribution in [0.3, 0.4) is 0 Å². The molecule has 9 nitrogen and oxygen atoms in total. The highest BCUT2D eigenvalue weighted by molar-refractivity contribution is 6.33. The molecule has 1 fully saturated rings. The van der Waals surface area contributed by atoms with E-state index in [1.165, 1.54) is 26.4 Å². The van der Waals surface area contributed by atoms with Gasteiger partial charge in [0.15, 0.2) is 23.0 Å². The summed E-state index contributed by atoms with van der Waals surface area (Å²) in [5, 5.41) is 2.42. The minimum atomic E-state index is -0.823. The number of nitrogens with zero attached hydrogens (tertiary/aromatic N) is 1. The van der Waals surface area contributed by atoms with Crippen molar-refractivity contribution in [2.75, 3.05) is 27.4 Å². The number of urea groups is 1. The van der Waals surface area contributed by atoms with Gasteiger partial charge in [0, 0.05) is 0 Å². The third-order valence-corrected chi connectivity index (χ3v) is 5.41. The van der Waals surface area contributed by atoms with E-state index in [0.29, 0.717) is 40.7 Å². The highest BCUT2D eigenvalue weighted by Gasteiger charge is 2.36. The topological polar surface area (TPSA) is 103 Å². The number of carbonyl (C=O) groups excluding carboxylic acids is 3. The van der Waals surface area contributed by atoms with Crippen molar-refractivity contribution in [3.63, 3.8) is 0 Å². The number of halogens is 1. The number of hydrogen-bond acceptors (Lipinski definition) is 7. The number of nitrogens with one attached hydrogen (secondary N) is 1. The Labute approximate surface area is 214 Å². The third kappa shape index (κ3) is 5.98. The fraction of sp³-hybridized carbons (Fsp3) is 0.269. The number of amides is 4. The number of rotatable bonds is 11. The highest BCUT2D eigenvalue weighted by Crippen LogP contribution is 2.37. The molecular formula is C26H27ClN2O7. The van der Waals surface area contributed by atoms with Crippen molar-refractivity contribution < 1.29 is 33.3 Å². The number of ether oxygens (including phenoxy) is 4. The van der Waals surface area contributed by atoms with Crippen molar-refractivity contribution in [1.82, 2.24) is 10.2 Å². The zero-order valence-electron chi connectivity index (χ0n) is 20.3. The fourth-order valence-electron chi connectivity index (χ4n) is 3.43. The number of hydrogen-bond donors (Lipinski definition) is 1. The van der Waals surface area contributed by atoms with Crippen molar-refractivity contribution >= 4 is 35.5 Å². The second-order valence-corrected chi connectivity index (χ2v) is 8.08. The molecule has 0 saturated carbocycles. The van der Waals surface area contributed by atoms with E-state index in [0.717, 1.165) is 11.3 Å².